The molecule has 0 aliphatic heterocycles. The van der Waals surface area contributed by atoms with Gasteiger partial charge in [-0.3, -0.25) is 4.98 Å². The Kier molecular flexibility index (Phi) is 4.07. The Morgan fingerprint density at radius 1 is 1.12 bits per heavy atom. The highest BCUT2D eigenvalue weighted by atomic mass is 35.5. The van der Waals surface area contributed by atoms with Gasteiger partial charge in [0.05, 0.1) is 5.02 Å². The van der Waals surface area contributed by atoms with E-state index in [1.165, 1.54) is 12.1 Å². The molecule has 0 fully saturated rings. The van der Waals surface area contributed by atoms with Crippen LogP contribution in [0.5, 0.6) is 0 Å². The van der Waals surface area contributed by atoms with Gasteiger partial charge in [0.15, 0.2) is 0 Å². The van der Waals surface area contributed by atoms with Gasteiger partial charge in [0.25, 0.3) is 0 Å². The van der Waals surface area contributed by atoms with Crippen LogP contribution in [0.3, 0.4) is 0 Å². The Labute approximate surface area is 104 Å². The zero-order valence-electron chi connectivity index (χ0n) is 9.16. The van der Waals surface area contributed by atoms with Crippen molar-refractivity contribution in [1.29, 1.82) is 0 Å². The van der Waals surface area contributed by atoms with Gasteiger partial charge in [-0.15, -0.1) is 0 Å². The maximum atomic E-state index is 12.7. The number of rotatable bonds is 4. The van der Waals surface area contributed by atoms with E-state index in [2.05, 4.69) is 10.3 Å². The van der Waals surface area contributed by atoms with Gasteiger partial charge in [0, 0.05) is 25.5 Å². The number of aromatic nitrogens is 1. The molecule has 0 aliphatic carbocycles. The Hall–Kier alpha value is -1.45. The molecular weight excluding hydrogens is 239 g/mol. The van der Waals surface area contributed by atoms with Crippen LogP contribution < -0.4 is 5.32 Å². The molecule has 0 saturated heterocycles. The van der Waals surface area contributed by atoms with Crippen LogP contribution in [-0.2, 0) is 13.1 Å². The third kappa shape index (κ3) is 3.51. The number of nitrogens with zero attached hydrogens (tertiary/aromatic N) is 1. The summed E-state index contributed by atoms with van der Waals surface area (Å²) in [5.74, 6) is -0.217. The highest BCUT2D eigenvalue weighted by molar-refractivity contribution is 6.31. The molecule has 0 radical (unpaired) electrons. The summed E-state index contributed by atoms with van der Waals surface area (Å²) in [5, 5.41) is 3.90. The van der Waals surface area contributed by atoms with Gasteiger partial charge in [-0.05, 0) is 29.3 Å². The molecule has 0 saturated carbocycles. The van der Waals surface area contributed by atoms with E-state index in [9.17, 15) is 4.39 Å². The molecule has 1 heterocycles. The Balaban J connectivity index is 1.88. The summed E-state index contributed by atoms with van der Waals surface area (Å²) in [5.41, 5.74) is 2.04. The second kappa shape index (κ2) is 5.75. The van der Waals surface area contributed by atoms with Gasteiger partial charge in [0.1, 0.15) is 5.82 Å². The standard InChI is InChI=1S/C13H12ClFN2/c14-13-9-16-6-5-11(13)8-17-7-10-1-3-12(15)4-2-10/h1-6,9,17H,7-8H2. The van der Waals surface area contributed by atoms with E-state index >= 15 is 0 Å². The molecule has 0 unspecified atom stereocenters. The van der Waals surface area contributed by atoms with Crippen molar-refractivity contribution < 1.29 is 4.39 Å². The lowest BCUT2D eigenvalue weighted by molar-refractivity contribution is 0.625. The summed E-state index contributed by atoms with van der Waals surface area (Å²) >= 11 is 5.97. The van der Waals surface area contributed by atoms with Crippen molar-refractivity contribution >= 4 is 11.6 Å². The van der Waals surface area contributed by atoms with Crippen molar-refractivity contribution in [2.45, 2.75) is 13.1 Å². The van der Waals surface area contributed by atoms with E-state index < -0.39 is 0 Å². The van der Waals surface area contributed by atoms with Crippen molar-refractivity contribution in [2.24, 2.45) is 0 Å². The van der Waals surface area contributed by atoms with E-state index in [0.29, 0.717) is 18.1 Å². The first-order chi connectivity index (χ1) is 8.25. The number of halogens is 2. The SMILES string of the molecule is Fc1ccc(CNCc2ccncc2Cl)cc1. The van der Waals surface area contributed by atoms with E-state index in [4.69, 9.17) is 11.6 Å². The minimum atomic E-state index is -0.217. The van der Waals surface area contributed by atoms with Crippen molar-refractivity contribution in [3.63, 3.8) is 0 Å². The second-order valence-electron chi connectivity index (χ2n) is 3.70. The lowest BCUT2D eigenvalue weighted by atomic mass is 10.2. The zero-order chi connectivity index (χ0) is 12.1. The summed E-state index contributed by atoms with van der Waals surface area (Å²) < 4.78 is 12.7. The number of nitrogens with one attached hydrogen (secondary N) is 1. The number of hydrogen-bond acceptors (Lipinski definition) is 2. The normalized spacial score (nSPS) is 10.5. The molecular formula is C13H12ClFN2. The first-order valence-electron chi connectivity index (χ1n) is 5.29. The van der Waals surface area contributed by atoms with E-state index in [0.717, 1.165) is 11.1 Å². The number of hydrogen-bond donors (Lipinski definition) is 1. The van der Waals surface area contributed by atoms with E-state index in [-0.39, 0.29) is 5.82 Å². The highest BCUT2D eigenvalue weighted by Crippen LogP contribution is 2.13. The van der Waals surface area contributed by atoms with Crippen LogP contribution in [0.1, 0.15) is 11.1 Å². The zero-order valence-corrected chi connectivity index (χ0v) is 9.91. The van der Waals surface area contributed by atoms with Crippen LogP contribution in [0.4, 0.5) is 4.39 Å². The molecule has 2 nitrogen and oxygen atoms in total. The lowest BCUT2D eigenvalue weighted by Gasteiger charge is -2.06. The fourth-order valence-electron chi connectivity index (χ4n) is 1.49. The number of benzene rings is 1. The molecule has 2 aromatic rings. The molecule has 0 bridgehead atoms. The van der Waals surface area contributed by atoms with Gasteiger partial charge < -0.3 is 5.32 Å². The topological polar surface area (TPSA) is 24.9 Å². The molecule has 1 aromatic carbocycles. The van der Waals surface area contributed by atoms with Crippen molar-refractivity contribution in [3.8, 4) is 0 Å². The molecule has 1 aromatic heterocycles. The largest absolute Gasteiger partial charge is 0.309 e. The molecule has 0 atom stereocenters. The van der Waals surface area contributed by atoms with Crippen molar-refractivity contribution in [1.82, 2.24) is 10.3 Å². The van der Waals surface area contributed by atoms with Crippen molar-refractivity contribution in [2.75, 3.05) is 0 Å². The molecule has 17 heavy (non-hydrogen) atoms. The Morgan fingerprint density at radius 2 is 1.88 bits per heavy atom. The van der Waals surface area contributed by atoms with Gasteiger partial charge in [-0.2, -0.15) is 0 Å². The average Bonchev–Trinajstić information content (AvgIpc) is 2.34. The van der Waals surface area contributed by atoms with Gasteiger partial charge in [0.2, 0.25) is 0 Å². The maximum Gasteiger partial charge on any atom is 0.123 e. The summed E-state index contributed by atoms with van der Waals surface area (Å²) in [6, 6.07) is 8.31. The van der Waals surface area contributed by atoms with Crippen LogP contribution in [-0.4, -0.2) is 4.98 Å². The predicted octanol–water partition coefficient (Wildman–Crippen LogP) is 3.16. The first kappa shape index (κ1) is 12.0. The number of pyridine rings is 1. The van der Waals surface area contributed by atoms with Crippen LogP contribution in [0.15, 0.2) is 42.7 Å². The summed E-state index contributed by atoms with van der Waals surface area (Å²) in [6.45, 7) is 1.34. The minimum absolute atomic E-state index is 0.217. The van der Waals surface area contributed by atoms with Crippen LogP contribution in [0.2, 0.25) is 5.02 Å². The highest BCUT2D eigenvalue weighted by Gasteiger charge is 1.99. The maximum absolute atomic E-state index is 12.7. The smallest absolute Gasteiger partial charge is 0.123 e. The van der Waals surface area contributed by atoms with Crippen LogP contribution in [0, 0.1) is 5.82 Å². The third-order valence-corrected chi connectivity index (χ3v) is 2.75. The van der Waals surface area contributed by atoms with Gasteiger partial charge in [-0.1, -0.05) is 23.7 Å². The first-order valence-corrected chi connectivity index (χ1v) is 5.67. The van der Waals surface area contributed by atoms with Gasteiger partial charge >= 0.3 is 0 Å². The minimum Gasteiger partial charge on any atom is -0.309 e. The lowest BCUT2D eigenvalue weighted by Crippen LogP contribution is -2.13. The fraction of sp³-hybridized carbons (Fsp3) is 0.154. The molecule has 1 N–H and O–H groups in total. The summed E-state index contributed by atoms with van der Waals surface area (Å²) in [4.78, 5) is 3.92. The molecule has 0 aliphatic rings. The average molecular weight is 251 g/mol. The Bertz CT molecular complexity index is 485. The quantitative estimate of drug-likeness (QED) is 0.902. The van der Waals surface area contributed by atoms with E-state index in [1.807, 2.05) is 6.07 Å². The van der Waals surface area contributed by atoms with E-state index in [1.54, 1.807) is 24.5 Å². The fourth-order valence-corrected chi connectivity index (χ4v) is 1.68. The van der Waals surface area contributed by atoms with Crippen LogP contribution >= 0.6 is 11.6 Å². The second-order valence-corrected chi connectivity index (χ2v) is 4.10. The molecule has 0 spiro atoms. The monoisotopic (exact) mass is 250 g/mol. The predicted molar refractivity (Wildman–Crippen MR) is 66.2 cm³/mol. The van der Waals surface area contributed by atoms with Gasteiger partial charge in [-0.25, -0.2) is 4.39 Å². The Morgan fingerprint density at radius 3 is 2.59 bits per heavy atom. The third-order valence-electron chi connectivity index (χ3n) is 2.41. The molecule has 88 valence electrons. The molecule has 2 rings (SSSR count). The van der Waals surface area contributed by atoms with Crippen LogP contribution in [0.25, 0.3) is 0 Å². The van der Waals surface area contributed by atoms with Crippen molar-refractivity contribution in [3.05, 3.63) is 64.7 Å². The molecule has 0 amide bonds. The molecule has 4 heteroatoms. The summed E-state index contributed by atoms with van der Waals surface area (Å²) in [6.07, 6.45) is 3.33. The summed E-state index contributed by atoms with van der Waals surface area (Å²) in [7, 11) is 0.